The van der Waals surface area contributed by atoms with E-state index in [0.717, 1.165) is 16.8 Å². The summed E-state index contributed by atoms with van der Waals surface area (Å²) >= 11 is 0. The topological polar surface area (TPSA) is 107 Å². The molecule has 1 aromatic heterocycles. The van der Waals surface area contributed by atoms with Crippen LogP contribution in [-0.4, -0.2) is 32.9 Å². The van der Waals surface area contributed by atoms with Crippen LogP contribution in [0.15, 0.2) is 24.4 Å². The molecule has 0 fully saturated rings. The number of hydrogen-bond acceptors (Lipinski definition) is 5. The van der Waals surface area contributed by atoms with E-state index < -0.39 is 18.0 Å². The molecule has 2 aromatic rings. The number of aromatic nitrogens is 2. The number of rotatable bonds is 4. The van der Waals surface area contributed by atoms with Crippen LogP contribution >= 0.6 is 0 Å². The fraction of sp³-hybridized carbons (Fsp3) is 0.267. The highest BCUT2D eigenvalue weighted by Crippen LogP contribution is 2.22. The molecule has 7 nitrogen and oxygen atoms in total. The smallest absolute Gasteiger partial charge is 0.363 e. The molecular formula is C15H17N3O4. The molecule has 0 saturated heterocycles. The highest BCUT2D eigenvalue weighted by Gasteiger charge is 2.23. The van der Waals surface area contributed by atoms with Gasteiger partial charge in [0.25, 0.3) is 5.91 Å². The number of hydrogen-bond donors (Lipinski definition) is 2. The lowest BCUT2D eigenvalue weighted by atomic mass is 10.1. The maximum Gasteiger partial charge on any atom is 0.363 e. The molecule has 1 unspecified atom stereocenters. The van der Waals surface area contributed by atoms with Crippen molar-refractivity contribution in [1.82, 2.24) is 9.78 Å². The maximum absolute atomic E-state index is 11.9. The minimum atomic E-state index is -1.10. The number of aromatic hydroxyl groups is 1. The zero-order valence-corrected chi connectivity index (χ0v) is 12.5. The number of carbonyl (C=O) groups is 2. The summed E-state index contributed by atoms with van der Waals surface area (Å²) in [6.07, 6.45) is 0.213. The third-order valence-electron chi connectivity index (χ3n) is 3.40. The van der Waals surface area contributed by atoms with Crippen LogP contribution in [0.1, 0.15) is 28.5 Å². The zero-order valence-electron chi connectivity index (χ0n) is 12.5. The summed E-state index contributed by atoms with van der Waals surface area (Å²) in [5.41, 5.74) is 7.52. The van der Waals surface area contributed by atoms with Gasteiger partial charge in [0.15, 0.2) is 11.9 Å². The second-order valence-electron chi connectivity index (χ2n) is 4.98. The quantitative estimate of drug-likeness (QED) is 0.826. The Morgan fingerprint density at radius 1 is 1.36 bits per heavy atom. The van der Waals surface area contributed by atoms with Crippen LogP contribution in [0.5, 0.6) is 5.75 Å². The van der Waals surface area contributed by atoms with Gasteiger partial charge in [-0.1, -0.05) is 12.1 Å². The Balaban J connectivity index is 2.34. The van der Waals surface area contributed by atoms with Crippen LogP contribution in [0.2, 0.25) is 0 Å². The van der Waals surface area contributed by atoms with Gasteiger partial charge in [0.1, 0.15) is 0 Å². The lowest BCUT2D eigenvalue weighted by Gasteiger charge is -2.09. The lowest BCUT2D eigenvalue weighted by Crippen LogP contribution is -2.30. The average Bonchev–Trinajstić information content (AvgIpc) is 2.83. The fourth-order valence-electron chi connectivity index (χ4n) is 1.89. The molecule has 116 valence electrons. The van der Waals surface area contributed by atoms with E-state index in [2.05, 4.69) is 5.10 Å². The first-order valence-electron chi connectivity index (χ1n) is 6.66. The summed E-state index contributed by atoms with van der Waals surface area (Å²) < 4.78 is 6.22. The van der Waals surface area contributed by atoms with Gasteiger partial charge in [-0.05, 0) is 38.0 Å². The summed E-state index contributed by atoms with van der Waals surface area (Å²) in [4.78, 5) is 22.8. The predicted octanol–water partition coefficient (Wildman–Crippen LogP) is 1.23. The molecule has 7 heteroatoms. The number of esters is 1. The van der Waals surface area contributed by atoms with Gasteiger partial charge in [-0.25, -0.2) is 9.48 Å². The molecule has 0 aliphatic heterocycles. The highest BCUT2D eigenvalue weighted by molar-refractivity contribution is 5.92. The normalized spacial score (nSPS) is 12.0. The maximum atomic E-state index is 11.9. The van der Waals surface area contributed by atoms with E-state index in [1.54, 1.807) is 0 Å². The summed E-state index contributed by atoms with van der Waals surface area (Å²) in [6.45, 7) is 5.21. The van der Waals surface area contributed by atoms with Gasteiger partial charge in [-0.15, -0.1) is 0 Å². The van der Waals surface area contributed by atoms with E-state index in [1.807, 2.05) is 32.0 Å². The molecule has 22 heavy (non-hydrogen) atoms. The Labute approximate surface area is 127 Å². The van der Waals surface area contributed by atoms with Crippen LogP contribution in [-0.2, 0) is 9.53 Å². The van der Waals surface area contributed by atoms with E-state index in [0.29, 0.717) is 0 Å². The van der Waals surface area contributed by atoms with Crippen molar-refractivity contribution in [2.75, 3.05) is 0 Å². The predicted molar refractivity (Wildman–Crippen MR) is 78.8 cm³/mol. The van der Waals surface area contributed by atoms with E-state index in [4.69, 9.17) is 10.5 Å². The number of aryl methyl sites for hydroxylation is 1. The van der Waals surface area contributed by atoms with Crippen LogP contribution in [0.25, 0.3) is 5.69 Å². The Morgan fingerprint density at radius 2 is 2.05 bits per heavy atom. The molecule has 1 aromatic carbocycles. The first kappa shape index (κ1) is 15.6. The number of carbonyl (C=O) groups excluding carboxylic acids is 2. The second-order valence-corrected chi connectivity index (χ2v) is 4.98. The van der Waals surface area contributed by atoms with Crippen molar-refractivity contribution in [3.8, 4) is 11.4 Å². The number of amides is 1. The first-order valence-corrected chi connectivity index (χ1v) is 6.66. The van der Waals surface area contributed by atoms with Crippen LogP contribution in [0, 0.1) is 13.8 Å². The number of nitrogens with zero attached hydrogens (tertiary/aromatic N) is 2. The van der Waals surface area contributed by atoms with Crippen molar-refractivity contribution in [3.05, 3.63) is 41.2 Å². The van der Waals surface area contributed by atoms with Crippen molar-refractivity contribution in [1.29, 1.82) is 0 Å². The lowest BCUT2D eigenvalue weighted by molar-refractivity contribution is -0.125. The summed E-state index contributed by atoms with van der Waals surface area (Å²) in [7, 11) is 0. The largest absolute Gasteiger partial charge is 0.504 e. The Hall–Kier alpha value is -2.83. The summed E-state index contributed by atoms with van der Waals surface area (Å²) in [5, 5.41) is 13.9. The number of ether oxygens (including phenoxy) is 1. The minimum Gasteiger partial charge on any atom is -0.504 e. The van der Waals surface area contributed by atoms with Gasteiger partial charge < -0.3 is 15.6 Å². The third kappa shape index (κ3) is 2.93. The Kier molecular flexibility index (Phi) is 4.16. The first-order chi connectivity index (χ1) is 10.3. The van der Waals surface area contributed by atoms with Crippen molar-refractivity contribution in [2.24, 2.45) is 5.73 Å². The number of nitrogens with two attached hydrogens (primary N) is 1. The molecule has 2 rings (SSSR count). The molecule has 1 amide bonds. The van der Waals surface area contributed by atoms with E-state index >= 15 is 0 Å². The fourth-order valence-corrected chi connectivity index (χ4v) is 1.89. The molecule has 1 atom stereocenters. The Bertz CT molecular complexity index is 736. The second kappa shape index (κ2) is 5.88. The minimum absolute atomic E-state index is 0.269. The van der Waals surface area contributed by atoms with Crippen LogP contribution in [0.3, 0.4) is 0 Å². The van der Waals surface area contributed by atoms with Crippen molar-refractivity contribution in [2.45, 2.75) is 26.9 Å². The Morgan fingerprint density at radius 3 is 2.68 bits per heavy atom. The number of primary amides is 1. The molecule has 0 saturated carbocycles. The van der Waals surface area contributed by atoms with E-state index in [-0.39, 0.29) is 11.4 Å². The standard InChI is InChI=1S/C15H17N3O4/c1-8-5-4-6-11(9(8)2)18-7-12(19)13(17-18)15(21)22-10(3)14(16)20/h4-7,10,19H,1-3H3,(H2,16,20). The summed E-state index contributed by atoms with van der Waals surface area (Å²) in [5.74, 6) is -2.02. The molecule has 3 N–H and O–H groups in total. The van der Waals surface area contributed by atoms with Crippen molar-refractivity contribution in [3.63, 3.8) is 0 Å². The van der Waals surface area contributed by atoms with Gasteiger partial charge in [0.05, 0.1) is 11.9 Å². The summed E-state index contributed by atoms with van der Waals surface area (Å²) in [6, 6.07) is 5.62. The molecule has 0 bridgehead atoms. The molecule has 1 heterocycles. The SMILES string of the molecule is Cc1cccc(-n2cc(O)c(C(=O)OC(C)C(N)=O)n2)c1C. The van der Waals surface area contributed by atoms with E-state index in [1.165, 1.54) is 17.8 Å². The molecule has 0 aliphatic rings. The van der Waals surface area contributed by atoms with Gasteiger partial charge in [-0.3, -0.25) is 4.79 Å². The van der Waals surface area contributed by atoms with Gasteiger partial charge in [-0.2, -0.15) is 5.10 Å². The van der Waals surface area contributed by atoms with Gasteiger partial charge in [0.2, 0.25) is 5.69 Å². The van der Waals surface area contributed by atoms with Crippen molar-refractivity contribution >= 4 is 11.9 Å². The van der Waals surface area contributed by atoms with E-state index in [9.17, 15) is 14.7 Å². The number of benzene rings is 1. The van der Waals surface area contributed by atoms with Crippen molar-refractivity contribution < 1.29 is 19.4 Å². The van der Waals surface area contributed by atoms with Crippen LogP contribution in [0.4, 0.5) is 0 Å². The van der Waals surface area contributed by atoms with Gasteiger partial charge in [0, 0.05) is 0 Å². The van der Waals surface area contributed by atoms with Gasteiger partial charge >= 0.3 is 5.97 Å². The zero-order chi connectivity index (χ0) is 16.4. The third-order valence-corrected chi connectivity index (χ3v) is 3.40. The molecule has 0 spiro atoms. The molecule has 0 aliphatic carbocycles. The monoisotopic (exact) mass is 303 g/mol. The van der Waals surface area contributed by atoms with Crippen LogP contribution < -0.4 is 5.73 Å². The molecule has 0 radical (unpaired) electrons. The highest BCUT2D eigenvalue weighted by atomic mass is 16.5. The average molecular weight is 303 g/mol. The molecular weight excluding hydrogens is 286 g/mol.